The van der Waals surface area contributed by atoms with Gasteiger partial charge in [-0.15, -0.1) is 0 Å². The zero-order valence-electron chi connectivity index (χ0n) is 9.20. The maximum Gasteiger partial charge on any atom is 0.177 e. The SMILES string of the molecule is Cc1nc(C(C)(C)F)ccc1S(C)(=O)=O. The van der Waals surface area contributed by atoms with Crippen molar-refractivity contribution in [2.75, 3.05) is 6.26 Å². The number of hydrogen-bond donors (Lipinski definition) is 0. The molecule has 0 amide bonds. The normalized spacial score (nSPS) is 12.9. The minimum Gasteiger partial charge on any atom is -0.253 e. The zero-order valence-corrected chi connectivity index (χ0v) is 10.0. The number of sulfone groups is 1. The van der Waals surface area contributed by atoms with E-state index in [1.165, 1.54) is 26.0 Å². The van der Waals surface area contributed by atoms with Gasteiger partial charge in [0, 0.05) is 6.26 Å². The summed E-state index contributed by atoms with van der Waals surface area (Å²) in [5.74, 6) is 0. The van der Waals surface area contributed by atoms with Gasteiger partial charge in [-0.05, 0) is 32.9 Å². The molecule has 0 aliphatic heterocycles. The Bertz CT molecular complexity index is 475. The van der Waals surface area contributed by atoms with E-state index in [0.29, 0.717) is 5.69 Å². The highest BCUT2D eigenvalue weighted by atomic mass is 32.2. The van der Waals surface area contributed by atoms with Crippen molar-refractivity contribution in [2.24, 2.45) is 0 Å². The Morgan fingerprint density at radius 2 is 1.87 bits per heavy atom. The van der Waals surface area contributed by atoms with Crippen molar-refractivity contribution >= 4 is 9.84 Å². The van der Waals surface area contributed by atoms with Crippen molar-refractivity contribution in [2.45, 2.75) is 31.3 Å². The second-order valence-corrected chi connectivity index (χ2v) is 6.01. The molecule has 84 valence electrons. The second-order valence-electron chi connectivity index (χ2n) is 4.02. The summed E-state index contributed by atoms with van der Waals surface area (Å²) in [6, 6.07) is 2.80. The highest BCUT2D eigenvalue weighted by molar-refractivity contribution is 7.90. The molecule has 0 N–H and O–H groups in total. The molecule has 1 aromatic rings. The van der Waals surface area contributed by atoms with Gasteiger partial charge in [0.25, 0.3) is 0 Å². The van der Waals surface area contributed by atoms with Crippen LogP contribution in [0.4, 0.5) is 4.39 Å². The molecular weight excluding hydrogens is 217 g/mol. The summed E-state index contributed by atoms with van der Waals surface area (Å²) < 4.78 is 36.1. The predicted octanol–water partition coefficient (Wildman–Crippen LogP) is 2.00. The van der Waals surface area contributed by atoms with E-state index in [-0.39, 0.29) is 10.6 Å². The molecule has 0 radical (unpaired) electrons. The van der Waals surface area contributed by atoms with Crippen LogP contribution in [0.2, 0.25) is 0 Å². The molecule has 0 spiro atoms. The van der Waals surface area contributed by atoms with Crippen LogP contribution in [0.25, 0.3) is 0 Å². The Morgan fingerprint density at radius 1 is 1.33 bits per heavy atom. The van der Waals surface area contributed by atoms with Crippen LogP contribution >= 0.6 is 0 Å². The smallest absolute Gasteiger partial charge is 0.177 e. The van der Waals surface area contributed by atoms with Crippen molar-refractivity contribution in [1.29, 1.82) is 0 Å². The number of alkyl halides is 1. The van der Waals surface area contributed by atoms with Gasteiger partial charge >= 0.3 is 0 Å². The molecule has 0 atom stereocenters. The summed E-state index contributed by atoms with van der Waals surface area (Å²) in [6.45, 7) is 4.33. The summed E-state index contributed by atoms with van der Waals surface area (Å²) in [5, 5.41) is 0. The van der Waals surface area contributed by atoms with Crippen molar-refractivity contribution in [3.8, 4) is 0 Å². The van der Waals surface area contributed by atoms with Crippen LogP contribution in [0.1, 0.15) is 25.2 Å². The highest BCUT2D eigenvalue weighted by Gasteiger charge is 2.22. The van der Waals surface area contributed by atoms with Crippen LogP contribution in [0.5, 0.6) is 0 Å². The lowest BCUT2D eigenvalue weighted by molar-refractivity contribution is 0.214. The van der Waals surface area contributed by atoms with Gasteiger partial charge in [-0.25, -0.2) is 12.8 Å². The number of pyridine rings is 1. The van der Waals surface area contributed by atoms with Gasteiger partial charge < -0.3 is 0 Å². The first-order valence-electron chi connectivity index (χ1n) is 4.49. The van der Waals surface area contributed by atoms with Gasteiger partial charge in [0.15, 0.2) is 9.84 Å². The number of aryl methyl sites for hydroxylation is 1. The van der Waals surface area contributed by atoms with Gasteiger partial charge in [-0.2, -0.15) is 0 Å². The van der Waals surface area contributed by atoms with Crippen LogP contribution in [-0.2, 0) is 15.5 Å². The molecular formula is C10H14FNO2S. The van der Waals surface area contributed by atoms with Crippen LogP contribution < -0.4 is 0 Å². The van der Waals surface area contributed by atoms with Crippen molar-refractivity contribution in [3.05, 3.63) is 23.5 Å². The zero-order chi connectivity index (χ0) is 11.9. The topological polar surface area (TPSA) is 47.0 Å². The van der Waals surface area contributed by atoms with Gasteiger partial charge in [0.1, 0.15) is 5.67 Å². The number of halogens is 1. The van der Waals surface area contributed by atoms with E-state index in [0.717, 1.165) is 6.26 Å². The van der Waals surface area contributed by atoms with Crippen LogP contribution in [-0.4, -0.2) is 19.7 Å². The Hall–Kier alpha value is -0.970. The largest absolute Gasteiger partial charge is 0.253 e. The molecule has 15 heavy (non-hydrogen) atoms. The van der Waals surface area contributed by atoms with E-state index in [1.54, 1.807) is 6.92 Å². The molecule has 5 heteroatoms. The highest BCUT2D eigenvalue weighted by Crippen LogP contribution is 2.24. The molecule has 0 aliphatic rings. The fourth-order valence-electron chi connectivity index (χ4n) is 1.27. The Morgan fingerprint density at radius 3 is 2.20 bits per heavy atom. The van der Waals surface area contributed by atoms with Crippen molar-refractivity contribution < 1.29 is 12.8 Å². The molecule has 0 unspecified atom stereocenters. The molecule has 1 heterocycles. The molecule has 0 aliphatic carbocycles. The number of aromatic nitrogens is 1. The second kappa shape index (κ2) is 3.56. The minimum atomic E-state index is -3.28. The molecule has 1 rings (SSSR count). The van der Waals surface area contributed by atoms with E-state index in [4.69, 9.17) is 0 Å². The minimum absolute atomic E-state index is 0.149. The third-order valence-electron chi connectivity index (χ3n) is 2.05. The standard InChI is InChI=1S/C10H14FNO2S/c1-7-8(15(4,13)14)5-6-9(12-7)10(2,3)11/h5-6H,1-4H3. The molecule has 0 saturated carbocycles. The third kappa shape index (κ3) is 2.75. The fourth-order valence-corrected chi connectivity index (χ4v) is 2.17. The summed E-state index contributed by atoms with van der Waals surface area (Å²) in [5.41, 5.74) is -0.978. The molecule has 0 saturated heterocycles. The van der Waals surface area contributed by atoms with Crippen molar-refractivity contribution in [1.82, 2.24) is 4.98 Å². The summed E-state index contributed by atoms with van der Waals surface area (Å²) in [6.07, 6.45) is 1.11. The average Bonchev–Trinajstić information content (AvgIpc) is 1.99. The molecule has 1 aromatic heterocycles. The molecule has 0 fully saturated rings. The number of hydrogen-bond acceptors (Lipinski definition) is 3. The number of nitrogens with zero attached hydrogens (tertiary/aromatic N) is 1. The van der Waals surface area contributed by atoms with Gasteiger partial charge in [-0.3, -0.25) is 4.98 Å². The predicted molar refractivity (Wildman–Crippen MR) is 56.2 cm³/mol. The maximum atomic E-state index is 13.5. The lowest BCUT2D eigenvalue weighted by Crippen LogP contribution is -2.13. The summed E-state index contributed by atoms with van der Waals surface area (Å²) in [7, 11) is -3.28. The third-order valence-corrected chi connectivity index (χ3v) is 3.28. The van der Waals surface area contributed by atoms with Crippen LogP contribution in [0, 0.1) is 6.92 Å². The Balaban J connectivity index is 3.34. The quantitative estimate of drug-likeness (QED) is 0.782. The van der Waals surface area contributed by atoms with E-state index < -0.39 is 15.5 Å². The van der Waals surface area contributed by atoms with Gasteiger partial charge in [0.2, 0.25) is 0 Å². The fraction of sp³-hybridized carbons (Fsp3) is 0.500. The Labute approximate surface area is 89.3 Å². The van der Waals surface area contributed by atoms with Gasteiger partial charge in [-0.1, -0.05) is 0 Å². The Kier molecular flexibility index (Phi) is 2.87. The first-order valence-corrected chi connectivity index (χ1v) is 6.38. The molecule has 0 aromatic carbocycles. The first kappa shape index (κ1) is 12.1. The van der Waals surface area contributed by atoms with E-state index in [2.05, 4.69) is 4.98 Å². The van der Waals surface area contributed by atoms with E-state index in [1.807, 2.05) is 0 Å². The molecule has 0 bridgehead atoms. The lowest BCUT2D eigenvalue weighted by atomic mass is 10.1. The van der Waals surface area contributed by atoms with Crippen LogP contribution in [0.15, 0.2) is 17.0 Å². The monoisotopic (exact) mass is 231 g/mol. The van der Waals surface area contributed by atoms with Crippen LogP contribution in [0.3, 0.4) is 0 Å². The average molecular weight is 231 g/mol. The summed E-state index contributed by atoms with van der Waals surface area (Å²) in [4.78, 5) is 4.11. The van der Waals surface area contributed by atoms with Gasteiger partial charge in [0.05, 0.1) is 16.3 Å². The van der Waals surface area contributed by atoms with E-state index in [9.17, 15) is 12.8 Å². The first-order chi connectivity index (χ1) is 6.62. The molecule has 3 nitrogen and oxygen atoms in total. The van der Waals surface area contributed by atoms with Crippen molar-refractivity contribution in [3.63, 3.8) is 0 Å². The van der Waals surface area contributed by atoms with E-state index >= 15 is 0 Å². The maximum absolute atomic E-state index is 13.5. The number of rotatable bonds is 2. The lowest BCUT2D eigenvalue weighted by Gasteiger charge is -2.14. The summed E-state index contributed by atoms with van der Waals surface area (Å²) >= 11 is 0.